The molecular formula is C42H48N2O7. The van der Waals surface area contributed by atoms with Gasteiger partial charge in [-0.2, -0.15) is 0 Å². The van der Waals surface area contributed by atoms with E-state index in [1.807, 2.05) is 37.3 Å². The van der Waals surface area contributed by atoms with Crippen molar-refractivity contribution < 1.29 is 33.4 Å². The van der Waals surface area contributed by atoms with Gasteiger partial charge in [-0.15, -0.1) is 0 Å². The van der Waals surface area contributed by atoms with Crippen LogP contribution >= 0.6 is 0 Å². The van der Waals surface area contributed by atoms with Gasteiger partial charge in [0.2, 0.25) is 5.91 Å². The van der Waals surface area contributed by atoms with Crippen LogP contribution in [-0.2, 0) is 16.0 Å². The van der Waals surface area contributed by atoms with Crippen molar-refractivity contribution in [3.05, 3.63) is 119 Å². The standard InChI is InChI=1S/C42H48N2O7/c1-5-7-8-9-13-26-50-35-23-19-33(20-24-35)42(48)51-38-25-16-30(28-39(38)49-4)27-37(29(3)45)44-40(46)32-17-21-34(22-18-32)43-41(47)36(6-2)31-14-11-10-12-15-31/h10-12,14-25,28,36-37H,5-9,13,26-27H2,1-4H3,(H,43,47)(H,44,46). The van der Waals surface area contributed by atoms with E-state index in [2.05, 4.69) is 17.6 Å². The van der Waals surface area contributed by atoms with Crippen LogP contribution in [-0.4, -0.2) is 43.3 Å². The summed E-state index contributed by atoms with van der Waals surface area (Å²) < 4.78 is 16.9. The number of nitrogens with one attached hydrogen (secondary N) is 2. The van der Waals surface area contributed by atoms with Crippen molar-refractivity contribution in [1.29, 1.82) is 0 Å². The lowest BCUT2D eigenvalue weighted by Crippen LogP contribution is -2.41. The zero-order valence-electron chi connectivity index (χ0n) is 29.9. The molecule has 0 saturated carbocycles. The van der Waals surface area contributed by atoms with E-state index in [1.54, 1.807) is 66.7 Å². The zero-order valence-corrected chi connectivity index (χ0v) is 29.9. The molecule has 2 N–H and O–H groups in total. The average Bonchev–Trinajstić information content (AvgIpc) is 3.14. The van der Waals surface area contributed by atoms with Crippen LogP contribution < -0.4 is 24.8 Å². The first kappa shape index (κ1) is 38.4. The second kappa shape index (κ2) is 19.7. The smallest absolute Gasteiger partial charge is 0.343 e. The summed E-state index contributed by atoms with van der Waals surface area (Å²) in [6.45, 7) is 6.20. The molecule has 9 heteroatoms. The molecule has 0 saturated heterocycles. The number of carbonyl (C=O) groups is 4. The summed E-state index contributed by atoms with van der Waals surface area (Å²) in [5.74, 6) is -0.388. The first-order valence-electron chi connectivity index (χ1n) is 17.6. The van der Waals surface area contributed by atoms with Crippen molar-refractivity contribution >= 4 is 29.3 Å². The highest BCUT2D eigenvalue weighted by molar-refractivity contribution is 5.99. The number of ketones is 1. The van der Waals surface area contributed by atoms with Crippen molar-refractivity contribution in [2.24, 2.45) is 0 Å². The number of amides is 2. The molecule has 0 aromatic heterocycles. The number of Topliss-reactive ketones (excluding diaryl/α,β-unsaturated/α-hetero) is 1. The van der Waals surface area contributed by atoms with Gasteiger partial charge in [0.05, 0.1) is 31.2 Å². The monoisotopic (exact) mass is 692 g/mol. The molecule has 4 rings (SSSR count). The van der Waals surface area contributed by atoms with Crippen LogP contribution in [0, 0.1) is 0 Å². The van der Waals surface area contributed by atoms with Gasteiger partial charge in [0.15, 0.2) is 17.3 Å². The molecular weight excluding hydrogens is 644 g/mol. The topological polar surface area (TPSA) is 120 Å². The van der Waals surface area contributed by atoms with Gasteiger partial charge in [0.25, 0.3) is 5.91 Å². The molecule has 9 nitrogen and oxygen atoms in total. The van der Waals surface area contributed by atoms with E-state index in [9.17, 15) is 19.2 Å². The Morgan fingerprint density at radius 3 is 2.08 bits per heavy atom. The van der Waals surface area contributed by atoms with Crippen LogP contribution in [0.4, 0.5) is 5.69 Å². The van der Waals surface area contributed by atoms with Crippen LogP contribution in [0.2, 0.25) is 0 Å². The second-order valence-electron chi connectivity index (χ2n) is 12.4. The average molecular weight is 693 g/mol. The number of ether oxygens (including phenoxy) is 3. The fourth-order valence-electron chi connectivity index (χ4n) is 5.63. The summed E-state index contributed by atoms with van der Waals surface area (Å²) in [4.78, 5) is 51.6. The fraction of sp³-hybridized carbons (Fsp3) is 0.333. The first-order valence-corrected chi connectivity index (χ1v) is 17.6. The Bertz CT molecular complexity index is 1740. The normalized spacial score (nSPS) is 11.9. The Balaban J connectivity index is 1.32. The van der Waals surface area contributed by atoms with Crippen molar-refractivity contribution in [2.45, 2.75) is 77.7 Å². The minimum Gasteiger partial charge on any atom is -0.494 e. The van der Waals surface area contributed by atoms with Crippen molar-refractivity contribution in [1.82, 2.24) is 5.32 Å². The molecule has 0 heterocycles. The molecule has 51 heavy (non-hydrogen) atoms. The molecule has 0 aliphatic carbocycles. The summed E-state index contributed by atoms with van der Waals surface area (Å²) in [7, 11) is 1.46. The largest absolute Gasteiger partial charge is 0.494 e. The van der Waals surface area contributed by atoms with Gasteiger partial charge in [0.1, 0.15) is 5.75 Å². The minimum absolute atomic E-state index is 0.128. The number of rotatable bonds is 19. The number of carbonyl (C=O) groups excluding carboxylic acids is 4. The predicted octanol–water partition coefficient (Wildman–Crippen LogP) is 8.33. The summed E-state index contributed by atoms with van der Waals surface area (Å²) in [5.41, 5.74) is 2.91. The van der Waals surface area contributed by atoms with E-state index in [4.69, 9.17) is 14.2 Å². The van der Waals surface area contributed by atoms with Crippen LogP contribution in [0.5, 0.6) is 17.2 Å². The lowest BCUT2D eigenvalue weighted by molar-refractivity contribution is -0.119. The van der Waals surface area contributed by atoms with Crippen molar-refractivity contribution in [3.8, 4) is 17.2 Å². The van der Waals surface area contributed by atoms with E-state index < -0.39 is 17.9 Å². The van der Waals surface area contributed by atoms with Crippen LogP contribution in [0.15, 0.2) is 97.1 Å². The highest BCUT2D eigenvalue weighted by Gasteiger charge is 2.22. The Kier molecular flexibility index (Phi) is 14.8. The highest BCUT2D eigenvalue weighted by Crippen LogP contribution is 2.30. The molecule has 0 spiro atoms. The summed E-state index contributed by atoms with van der Waals surface area (Å²) in [6.07, 6.45) is 6.60. The number of anilines is 1. The van der Waals surface area contributed by atoms with Gasteiger partial charge < -0.3 is 24.8 Å². The van der Waals surface area contributed by atoms with E-state index in [-0.39, 0.29) is 29.8 Å². The third-order valence-electron chi connectivity index (χ3n) is 8.61. The van der Waals surface area contributed by atoms with E-state index in [0.29, 0.717) is 46.9 Å². The highest BCUT2D eigenvalue weighted by atomic mass is 16.6. The maximum atomic E-state index is 13.1. The molecule has 0 fully saturated rings. The van der Waals surface area contributed by atoms with E-state index >= 15 is 0 Å². The molecule has 4 aromatic carbocycles. The Labute approximate surface area is 300 Å². The SMILES string of the molecule is CCCCCCCOc1ccc(C(=O)Oc2ccc(CC(NC(=O)c3ccc(NC(=O)C(CC)c4ccccc4)cc3)C(C)=O)cc2OC)cc1. The molecule has 0 aliphatic rings. The van der Waals surface area contributed by atoms with Gasteiger partial charge in [-0.3, -0.25) is 14.4 Å². The summed E-state index contributed by atoms with van der Waals surface area (Å²) in [6, 6.07) is 27.1. The van der Waals surface area contributed by atoms with Gasteiger partial charge in [-0.1, -0.05) is 75.9 Å². The van der Waals surface area contributed by atoms with E-state index in [0.717, 1.165) is 18.4 Å². The molecule has 2 amide bonds. The van der Waals surface area contributed by atoms with Gasteiger partial charge in [0, 0.05) is 11.3 Å². The first-order chi connectivity index (χ1) is 24.7. The number of methoxy groups -OCH3 is 1. The lowest BCUT2D eigenvalue weighted by Gasteiger charge is -2.18. The number of unbranched alkanes of at least 4 members (excludes halogenated alkanes) is 4. The molecule has 2 atom stereocenters. The Morgan fingerprint density at radius 2 is 1.43 bits per heavy atom. The fourth-order valence-corrected chi connectivity index (χ4v) is 5.63. The van der Waals surface area contributed by atoms with Crippen molar-refractivity contribution in [2.75, 3.05) is 19.0 Å². The number of benzene rings is 4. The predicted molar refractivity (Wildman–Crippen MR) is 199 cm³/mol. The third kappa shape index (κ3) is 11.6. The molecule has 0 bridgehead atoms. The quantitative estimate of drug-likeness (QED) is 0.0576. The van der Waals surface area contributed by atoms with Gasteiger partial charge in [-0.05, 0) is 98.0 Å². The van der Waals surface area contributed by atoms with Crippen molar-refractivity contribution in [3.63, 3.8) is 0 Å². The number of hydrogen-bond donors (Lipinski definition) is 2. The Hall–Kier alpha value is -5.44. The lowest BCUT2D eigenvalue weighted by atomic mass is 9.95. The number of esters is 1. The van der Waals surface area contributed by atoms with Crippen LogP contribution in [0.25, 0.3) is 0 Å². The van der Waals surface area contributed by atoms with Gasteiger partial charge in [-0.25, -0.2) is 4.79 Å². The van der Waals surface area contributed by atoms with Crippen LogP contribution in [0.1, 0.15) is 97.1 Å². The maximum absolute atomic E-state index is 13.1. The third-order valence-corrected chi connectivity index (χ3v) is 8.61. The maximum Gasteiger partial charge on any atom is 0.343 e. The van der Waals surface area contributed by atoms with Crippen LogP contribution in [0.3, 0.4) is 0 Å². The summed E-state index contributed by atoms with van der Waals surface area (Å²) in [5, 5.41) is 5.74. The molecule has 4 aromatic rings. The summed E-state index contributed by atoms with van der Waals surface area (Å²) >= 11 is 0. The molecule has 268 valence electrons. The molecule has 0 radical (unpaired) electrons. The van der Waals surface area contributed by atoms with Gasteiger partial charge >= 0.3 is 5.97 Å². The number of hydrogen-bond acceptors (Lipinski definition) is 7. The molecule has 2 unspecified atom stereocenters. The Morgan fingerprint density at radius 1 is 0.745 bits per heavy atom. The zero-order chi connectivity index (χ0) is 36.6. The van der Waals surface area contributed by atoms with E-state index in [1.165, 1.54) is 33.3 Å². The molecule has 0 aliphatic heterocycles. The minimum atomic E-state index is -0.816. The second-order valence-corrected chi connectivity index (χ2v) is 12.4.